The smallest absolute Gasteiger partial charge is 0.142 e. The predicted octanol–water partition coefficient (Wildman–Crippen LogP) is 3.89. The van der Waals surface area contributed by atoms with Crippen LogP contribution in [0.2, 0.25) is 10.0 Å². The summed E-state index contributed by atoms with van der Waals surface area (Å²) in [6.07, 6.45) is 0.422. The van der Waals surface area contributed by atoms with Crippen molar-refractivity contribution in [1.29, 1.82) is 0 Å². The molecule has 0 radical (unpaired) electrons. The van der Waals surface area contributed by atoms with Crippen molar-refractivity contribution < 1.29 is 9.13 Å². The summed E-state index contributed by atoms with van der Waals surface area (Å²) in [4.78, 5) is 0. The van der Waals surface area contributed by atoms with Gasteiger partial charge in [0.2, 0.25) is 0 Å². The minimum Gasteiger partial charge on any atom is -0.496 e. The van der Waals surface area contributed by atoms with E-state index in [0.717, 1.165) is 5.56 Å². The van der Waals surface area contributed by atoms with Gasteiger partial charge in [0, 0.05) is 10.6 Å². The number of hydrogen-bond acceptors (Lipinski definition) is 3. The molecule has 0 saturated heterocycles. The maximum Gasteiger partial charge on any atom is 0.142 e. The highest BCUT2D eigenvalue weighted by Crippen LogP contribution is 2.31. The molecule has 0 spiro atoms. The average molecular weight is 329 g/mol. The minimum atomic E-state index is -0.451. The maximum atomic E-state index is 13.5. The molecule has 0 amide bonds. The zero-order chi connectivity index (χ0) is 15.4. The zero-order valence-corrected chi connectivity index (χ0v) is 12.9. The van der Waals surface area contributed by atoms with Gasteiger partial charge in [-0.1, -0.05) is 41.4 Å². The number of rotatable bonds is 5. The first-order valence-electron chi connectivity index (χ1n) is 6.29. The Bertz CT molecular complexity index is 637. The number of hydrazine groups is 1. The fourth-order valence-electron chi connectivity index (χ4n) is 2.16. The molecule has 1 unspecified atom stereocenters. The molecule has 0 saturated carbocycles. The fourth-order valence-corrected chi connectivity index (χ4v) is 2.52. The molecule has 0 aromatic heterocycles. The summed E-state index contributed by atoms with van der Waals surface area (Å²) in [7, 11) is 1.55. The second-order valence-corrected chi connectivity index (χ2v) is 5.34. The lowest BCUT2D eigenvalue weighted by molar-refractivity contribution is 0.399. The van der Waals surface area contributed by atoms with E-state index in [1.807, 2.05) is 6.07 Å². The summed E-state index contributed by atoms with van der Waals surface area (Å²) in [6, 6.07) is 9.68. The highest BCUT2D eigenvalue weighted by molar-refractivity contribution is 6.31. The van der Waals surface area contributed by atoms with E-state index in [0.29, 0.717) is 22.8 Å². The summed E-state index contributed by atoms with van der Waals surface area (Å²) < 4.78 is 18.8. The predicted molar refractivity (Wildman–Crippen MR) is 83.2 cm³/mol. The zero-order valence-electron chi connectivity index (χ0n) is 11.4. The Labute approximate surface area is 132 Å². The van der Waals surface area contributed by atoms with E-state index in [9.17, 15) is 4.39 Å². The number of nitrogens with two attached hydrogens (primary N) is 1. The van der Waals surface area contributed by atoms with Gasteiger partial charge in [-0.15, -0.1) is 0 Å². The van der Waals surface area contributed by atoms with Crippen molar-refractivity contribution in [3.8, 4) is 5.75 Å². The van der Waals surface area contributed by atoms with E-state index < -0.39 is 5.82 Å². The van der Waals surface area contributed by atoms with Gasteiger partial charge in [0.15, 0.2) is 0 Å². The van der Waals surface area contributed by atoms with E-state index in [2.05, 4.69) is 5.43 Å². The number of methoxy groups -OCH3 is 1. The van der Waals surface area contributed by atoms with Gasteiger partial charge in [-0.2, -0.15) is 0 Å². The normalized spacial score (nSPS) is 12.2. The number of halogens is 3. The molecule has 3 N–H and O–H groups in total. The molecule has 1 atom stereocenters. The van der Waals surface area contributed by atoms with E-state index in [1.165, 1.54) is 6.07 Å². The molecule has 3 nitrogen and oxygen atoms in total. The fraction of sp³-hybridized carbons (Fsp3) is 0.200. The van der Waals surface area contributed by atoms with E-state index in [-0.39, 0.29) is 11.1 Å². The molecule has 6 heteroatoms. The van der Waals surface area contributed by atoms with E-state index >= 15 is 0 Å². The third-order valence-corrected chi connectivity index (χ3v) is 3.89. The number of hydrogen-bond donors (Lipinski definition) is 2. The van der Waals surface area contributed by atoms with Crippen LogP contribution in [0, 0.1) is 5.82 Å². The topological polar surface area (TPSA) is 47.3 Å². The van der Waals surface area contributed by atoms with Crippen molar-refractivity contribution in [2.24, 2.45) is 5.84 Å². The molecule has 0 bridgehead atoms. The van der Waals surface area contributed by atoms with Gasteiger partial charge in [0.25, 0.3) is 0 Å². The Hall–Kier alpha value is -1.33. The first-order valence-corrected chi connectivity index (χ1v) is 7.05. The van der Waals surface area contributed by atoms with Gasteiger partial charge in [0.05, 0.1) is 18.2 Å². The highest BCUT2D eigenvalue weighted by Gasteiger charge is 2.18. The van der Waals surface area contributed by atoms with Crippen LogP contribution in [-0.2, 0) is 6.42 Å². The van der Waals surface area contributed by atoms with Gasteiger partial charge in [-0.05, 0) is 30.2 Å². The monoisotopic (exact) mass is 328 g/mol. The van der Waals surface area contributed by atoms with Crippen molar-refractivity contribution in [3.05, 3.63) is 63.4 Å². The van der Waals surface area contributed by atoms with Crippen molar-refractivity contribution in [2.75, 3.05) is 7.11 Å². The van der Waals surface area contributed by atoms with Crippen LogP contribution in [0.1, 0.15) is 17.2 Å². The van der Waals surface area contributed by atoms with Gasteiger partial charge in [-0.3, -0.25) is 11.3 Å². The summed E-state index contributed by atoms with van der Waals surface area (Å²) in [6.45, 7) is 0. The lowest BCUT2D eigenvalue weighted by Crippen LogP contribution is -2.30. The van der Waals surface area contributed by atoms with Gasteiger partial charge in [0.1, 0.15) is 11.6 Å². The largest absolute Gasteiger partial charge is 0.496 e. The number of ether oxygens (including phenoxy) is 1. The van der Waals surface area contributed by atoms with Crippen molar-refractivity contribution in [2.45, 2.75) is 12.5 Å². The Kier molecular flexibility index (Phi) is 5.42. The molecule has 112 valence electrons. The van der Waals surface area contributed by atoms with Crippen LogP contribution in [-0.4, -0.2) is 7.11 Å². The molecule has 0 fully saturated rings. The van der Waals surface area contributed by atoms with Crippen LogP contribution in [0.5, 0.6) is 5.75 Å². The van der Waals surface area contributed by atoms with Crippen LogP contribution in [0.15, 0.2) is 36.4 Å². The van der Waals surface area contributed by atoms with Crippen LogP contribution >= 0.6 is 23.2 Å². The molecule has 0 aliphatic heterocycles. The lowest BCUT2D eigenvalue weighted by Gasteiger charge is -2.20. The first kappa shape index (κ1) is 16.0. The molecule has 21 heavy (non-hydrogen) atoms. The van der Waals surface area contributed by atoms with Crippen molar-refractivity contribution in [1.82, 2.24) is 5.43 Å². The lowest BCUT2D eigenvalue weighted by atomic mass is 9.98. The quantitative estimate of drug-likeness (QED) is 0.646. The molecule has 0 aliphatic carbocycles. The molecule has 0 aliphatic rings. The van der Waals surface area contributed by atoms with Gasteiger partial charge >= 0.3 is 0 Å². The Morgan fingerprint density at radius 3 is 2.71 bits per heavy atom. The van der Waals surface area contributed by atoms with Crippen LogP contribution in [0.4, 0.5) is 4.39 Å². The summed E-state index contributed by atoms with van der Waals surface area (Å²) in [5.41, 5.74) is 4.19. The van der Waals surface area contributed by atoms with E-state index in [1.54, 1.807) is 31.4 Å². The molecular weight excluding hydrogens is 314 g/mol. The molecule has 2 aromatic rings. The molecular formula is C15H15Cl2FN2O. The molecule has 0 heterocycles. The average Bonchev–Trinajstić information content (AvgIpc) is 2.49. The number of nitrogens with one attached hydrogen (secondary N) is 1. The number of benzene rings is 2. The van der Waals surface area contributed by atoms with Crippen LogP contribution in [0.3, 0.4) is 0 Å². The maximum absolute atomic E-state index is 13.5. The Morgan fingerprint density at radius 1 is 1.29 bits per heavy atom. The SMILES string of the molecule is COc1cc(Cl)ccc1C(Cc1cccc(F)c1Cl)NN. The third-order valence-electron chi connectivity index (χ3n) is 3.23. The third kappa shape index (κ3) is 3.66. The van der Waals surface area contributed by atoms with E-state index in [4.69, 9.17) is 33.8 Å². The van der Waals surface area contributed by atoms with Crippen LogP contribution in [0.25, 0.3) is 0 Å². The standard InChI is InChI=1S/C15H15Cl2FN2O/c1-21-14-8-10(16)5-6-11(14)13(20-19)7-9-3-2-4-12(18)15(9)17/h2-6,8,13,20H,7,19H2,1H3. The second-order valence-electron chi connectivity index (χ2n) is 4.52. The van der Waals surface area contributed by atoms with Crippen molar-refractivity contribution >= 4 is 23.2 Å². The Balaban J connectivity index is 2.34. The second kappa shape index (κ2) is 7.09. The highest BCUT2D eigenvalue weighted by atomic mass is 35.5. The van der Waals surface area contributed by atoms with Crippen LogP contribution < -0.4 is 16.0 Å². The molecule has 2 rings (SSSR count). The van der Waals surface area contributed by atoms with Crippen molar-refractivity contribution in [3.63, 3.8) is 0 Å². The molecule has 2 aromatic carbocycles. The van der Waals surface area contributed by atoms with Gasteiger partial charge < -0.3 is 4.74 Å². The summed E-state index contributed by atoms with van der Waals surface area (Å²) >= 11 is 11.9. The summed E-state index contributed by atoms with van der Waals surface area (Å²) in [5.74, 6) is 5.79. The summed E-state index contributed by atoms with van der Waals surface area (Å²) in [5, 5.41) is 0.667. The Morgan fingerprint density at radius 2 is 2.05 bits per heavy atom. The van der Waals surface area contributed by atoms with Gasteiger partial charge in [-0.25, -0.2) is 4.39 Å². The minimum absolute atomic E-state index is 0.102. The first-order chi connectivity index (χ1) is 10.1.